The van der Waals surface area contributed by atoms with E-state index < -0.39 is 10.0 Å². The summed E-state index contributed by atoms with van der Waals surface area (Å²) in [6.45, 7) is 1.62. The summed E-state index contributed by atoms with van der Waals surface area (Å²) >= 11 is 4.88. The SMILES string of the molecule is COc1cc(C(N)=S)ccc1NS(=O)(=O)c1cn[nH]c1C. The van der Waals surface area contributed by atoms with Crippen LogP contribution in [-0.2, 0) is 10.0 Å². The van der Waals surface area contributed by atoms with Crippen LogP contribution in [0.5, 0.6) is 5.75 Å². The lowest BCUT2D eigenvalue weighted by Crippen LogP contribution is -2.15. The second-order valence-electron chi connectivity index (χ2n) is 4.24. The van der Waals surface area contributed by atoms with Crippen LogP contribution in [-0.4, -0.2) is 30.7 Å². The summed E-state index contributed by atoms with van der Waals surface area (Å²) in [6.07, 6.45) is 1.24. The predicted molar refractivity (Wildman–Crippen MR) is 83.0 cm³/mol. The van der Waals surface area contributed by atoms with Gasteiger partial charge in [-0.1, -0.05) is 12.2 Å². The van der Waals surface area contributed by atoms with Gasteiger partial charge in [-0.15, -0.1) is 0 Å². The standard InChI is InChI=1S/C12H14N4O3S2/c1-7-11(6-14-15-7)21(17,18)16-9-4-3-8(12(13)20)5-10(9)19-2/h3-6,16H,1-2H3,(H2,13,20)(H,14,15). The van der Waals surface area contributed by atoms with E-state index in [4.69, 9.17) is 22.7 Å². The van der Waals surface area contributed by atoms with E-state index in [0.29, 0.717) is 17.0 Å². The molecule has 1 aromatic carbocycles. The third-order valence-corrected chi connectivity index (χ3v) is 4.52. The summed E-state index contributed by atoms with van der Waals surface area (Å²) in [5.41, 5.74) is 6.86. The maximum absolute atomic E-state index is 12.3. The molecule has 21 heavy (non-hydrogen) atoms. The Kier molecular flexibility index (Phi) is 4.14. The van der Waals surface area contributed by atoms with E-state index in [1.54, 1.807) is 25.1 Å². The van der Waals surface area contributed by atoms with Crippen LogP contribution in [0.1, 0.15) is 11.3 Å². The molecule has 112 valence electrons. The minimum absolute atomic E-state index is 0.0722. The molecule has 0 spiro atoms. The number of aromatic amines is 1. The Balaban J connectivity index is 2.40. The van der Waals surface area contributed by atoms with Crippen molar-refractivity contribution in [2.45, 2.75) is 11.8 Å². The van der Waals surface area contributed by atoms with Gasteiger partial charge in [0.15, 0.2) is 0 Å². The minimum Gasteiger partial charge on any atom is -0.495 e. The molecular weight excluding hydrogens is 312 g/mol. The van der Waals surface area contributed by atoms with E-state index >= 15 is 0 Å². The average molecular weight is 326 g/mol. The van der Waals surface area contributed by atoms with Crippen LogP contribution in [0, 0.1) is 6.92 Å². The third kappa shape index (κ3) is 3.14. The molecule has 0 amide bonds. The Morgan fingerprint density at radius 1 is 1.48 bits per heavy atom. The van der Waals surface area contributed by atoms with Gasteiger partial charge in [0.25, 0.3) is 10.0 Å². The fraction of sp³-hybridized carbons (Fsp3) is 0.167. The van der Waals surface area contributed by atoms with E-state index in [2.05, 4.69) is 14.9 Å². The van der Waals surface area contributed by atoms with Gasteiger partial charge in [0, 0.05) is 5.56 Å². The van der Waals surface area contributed by atoms with Gasteiger partial charge < -0.3 is 10.5 Å². The molecular formula is C12H14N4O3S2. The van der Waals surface area contributed by atoms with Crippen molar-refractivity contribution in [2.75, 3.05) is 11.8 Å². The first-order valence-corrected chi connectivity index (χ1v) is 7.75. The first-order chi connectivity index (χ1) is 9.85. The number of nitrogens with zero attached hydrogens (tertiary/aromatic N) is 1. The molecule has 0 bridgehead atoms. The molecule has 0 aliphatic rings. The summed E-state index contributed by atoms with van der Waals surface area (Å²) in [4.78, 5) is 0.274. The number of nitrogens with two attached hydrogens (primary N) is 1. The number of anilines is 1. The second kappa shape index (κ2) is 5.70. The van der Waals surface area contributed by atoms with Gasteiger partial charge in [-0.3, -0.25) is 9.82 Å². The van der Waals surface area contributed by atoms with Gasteiger partial charge >= 0.3 is 0 Å². The van der Waals surface area contributed by atoms with Crippen molar-refractivity contribution in [3.63, 3.8) is 0 Å². The highest BCUT2D eigenvalue weighted by molar-refractivity contribution is 7.92. The Hall–Kier alpha value is -2.13. The minimum atomic E-state index is -3.75. The summed E-state index contributed by atoms with van der Waals surface area (Å²) in [5, 5.41) is 6.28. The smallest absolute Gasteiger partial charge is 0.265 e. The average Bonchev–Trinajstić information content (AvgIpc) is 2.85. The van der Waals surface area contributed by atoms with Gasteiger partial charge in [0.05, 0.1) is 24.7 Å². The molecule has 2 rings (SSSR count). The van der Waals surface area contributed by atoms with Crippen molar-refractivity contribution in [1.82, 2.24) is 10.2 Å². The van der Waals surface area contributed by atoms with Gasteiger partial charge in [0.2, 0.25) is 0 Å². The molecule has 1 aromatic heterocycles. The molecule has 4 N–H and O–H groups in total. The number of ether oxygens (including phenoxy) is 1. The number of hydrogen-bond donors (Lipinski definition) is 3. The number of thiocarbonyl (C=S) groups is 1. The molecule has 2 aromatic rings. The summed E-state index contributed by atoms with van der Waals surface area (Å²) in [7, 11) is -2.32. The van der Waals surface area contributed by atoms with Crippen molar-refractivity contribution < 1.29 is 13.2 Å². The highest BCUT2D eigenvalue weighted by Gasteiger charge is 2.20. The molecule has 7 nitrogen and oxygen atoms in total. The second-order valence-corrected chi connectivity index (χ2v) is 6.33. The fourth-order valence-corrected chi connectivity index (χ4v) is 3.07. The topological polar surface area (TPSA) is 110 Å². The molecule has 0 fully saturated rings. The number of benzene rings is 1. The third-order valence-electron chi connectivity index (χ3n) is 2.80. The van der Waals surface area contributed by atoms with Crippen LogP contribution >= 0.6 is 12.2 Å². The van der Waals surface area contributed by atoms with Crippen molar-refractivity contribution in [3.8, 4) is 5.75 Å². The molecule has 1 heterocycles. The van der Waals surface area contributed by atoms with Crippen LogP contribution in [0.25, 0.3) is 0 Å². The first kappa shape index (κ1) is 15.3. The zero-order chi connectivity index (χ0) is 15.6. The zero-order valence-corrected chi connectivity index (χ0v) is 13.0. The Morgan fingerprint density at radius 2 is 2.19 bits per heavy atom. The van der Waals surface area contributed by atoms with Gasteiger partial charge in [-0.2, -0.15) is 5.10 Å². The number of aromatic nitrogens is 2. The van der Waals surface area contributed by atoms with Crippen LogP contribution in [0.2, 0.25) is 0 Å². The number of nitrogens with one attached hydrogen (secondary N) is 2. The molecule has 0 saturated heterocycles. The monoisotopic (exact) mass is 326 g/mol. The maximum Gasteiger partial charge on any atom is 0.265 e. The maximum atomic E-state index is 12.3. The molecule has 0 aliphatic heterocycles. The number of H-pyrrole nitrogens is 1. The lowest BCUT2D eigenvalue weighted by molar-refractivity contribution is 0.417. The lowest BCUT2D eigenvalue weighted by Gasteiger charge is -2.12. The number of sulfonamides is 1. The normalized spacial score (nSPS) is 11.1. The predicted octanol–water partition coefficient (Wildman–Crippen LogP) is 1.16. The van der Waals surface area contributed by atoms with E-state index in [-0.39, 0.29) is 15.6 Å². The van der Waals surface area contributed by atoms with E-state index in [1.165, 1.54) is 13.3 Å². The molecule has 0 saturated carbocycles. The lowest BCUT2D eigenvalue weighted by atomic mass is 10.2. The van der Waals surface area contributed by atoms with Crippen molar-refractivity contribution in [1.29, 1.82) is 0 Å². The van der Waals surface area contributed by atoms with Crippen LogP contribution in [0.15, 0.2) is 29.3 Å². The Bertz CT molecular complexity index is 784. The molecule has 9 heteroatoms. The van der Waals surface area contributed by atoms with Crippen molar-refractivity contribution in [3.05, 3.63) is 35.7 Å². The number of rotatable bonds is 5. The first-order valence-electron chi connectivity index (χ1n) is 5.86. The zero-order valence-electron chi connectivity index (χ0n) is 11.4. The molecule has 0 atom stereocenters. The van der Waals surface area contributed by atoms with Gasteiger partial charge in [-0.25, -0.2) is 8.42 Å². The van der Waals surface area contributed by atoms with Crippen LogP contribution < -0.4 is 15.2 Å². The number of aryl methyl sites for hydroxylation is 1. The summed E-state index contributed by atoms with van der Waals surface area (Å²) < 4.78 is 32.2. The van der Waals surface area contributed by atoms with Crippen LogP contribution in [0.3, 0.4) is 0 Å². The van der Waals surface area contributed by atoms with Gasteiger partial charge in [-0.05, 0) is 25.1 Å². The largest absolute Gasteiger partial charge is 0.495 e. The number of hydrogen-bond acceptors (Lipinski definition) is 5. The highest BCUT2D eigenvalue weighted by atomic mass is 32.2. The fourth-order valence-electron chi connectivity index (χ4n) is 1.74. The van der Waals surface area contributed by atoms with Crippen LogP contribution in [0.4, 0.5) is 5.69 Å². The summed E-state index contributed by atoms with van der Waals surface area (Å²) in [6, 6.07) is 4.73. The molecule has 0 radical (unpaired) electrons. The number of methoxy groups -OCH3 is 1. The van der Waals surface area contributed by atoms with Crippen molar-refractivity contribution in [2.24, 2.45) is 5.73 Å². The highest BCUT2D eigenvalue weighted by Crippen LogP contribution is 2.28. The van der Waals surface area contributed by atoms with E-state index in [1.807, 2.05) is 0 Å². The summed E-state index contributed by atoms with van der Waals surface area (Å²) in [5.74, 6) is 0.324. The Morgan fingerprint density at radius 3 is 2.71 bits per heavy atom. The Labute approximate surface area is 127 Å². The molecule has 0 aliphatic carbocycles. The van der Waals surface area contributed by atoms with Gasteiger partial charge in [0.1, 0.15) is 15.6 Å². The van der Waals surface area contributed by atoms with Crippen molar-refractivity contribution >= 4 is 32.9 Å². The van der Waals surface area contributed by atoms with E-state index in [9.17, 15) is 8.42 Å². The molecule has 0 unspecified atom stereocenters. The van der Waals surface area contributed by atoms with E-state index in [0.717, 1.165) is 0 Å². The quantitative estimate of drug-likeness (QED) is 0.711.